The molecule has 0 fully saturated rings. The Bertz CT molecular complexity index is 1070. The maximum absolute atomic E-state index is 13.4. The molecule has 7 heteroatoms. The van der Waals surface area contributed by atoms with Crippen molar-refractivity contribution in [2.45, 2.75) is 38.9 Å². The lowest BCUT2D eigenvalue weighted by atomic mass is 10.0. The van der Waals surface area contributed by atoms with Gasteiger partial charge in [0.15, 0.2) is 6.61 Å². The van der Waals surface area contributed by atoms with Crippen molar-refractivity contribution in [1.82, 2.24) is 10.2 Å². The van der Waals surface area contributed by atoms with Crippen molar-refractivity contribution in [3.63, 3.8) is 0 Å². The summed E-state index contributed by atoms with van der Waals surface area (Å²) in [6.45, 7) is 3.66. The summed E-state index contributed by atoms with van der Waals surface area (Å²) >= 11 is 6.03. The van der Waals surface area contributed by atoms with Crippen molar-refractivity contribution in [2.75, 3.05) is 6.61 Å². The molecule has 3 rings (SSSR count). The van der Waals surface area contributed by atoms with Crippen LogP contribution in [0.1, 0.15) is 25.0 Å². The maximum Gasteiger partial charge on any atom is 0.261 e. The number of hydrogen-bond donors (Lipinski definition) is 1. The molecule has 0 heterocycles. The number of carbonyl (C=O) groups excluding carboxylic acids is 2. The number of ether oxygens (including phenoxy) is 1. The first-order chi connectivity index (χ1) is 16.3. The van der Waals surface area contributed by atoms with Gasteiger partial charge in [0.25, 0.3) is 5.91 Å². The predicted octanol–water partition coefficient (Wildman–Crippen LogP) is 5.02. The molecule has 2 amide bonds. The Morgan fingerprint density at radius 3 is 2.21 bits per heavy atom. The molecular weight excluding hydrogens is 455 g/mol. The van der Waals surface area contributed by atoms with E-state index in [1.54, 1.807) is 12.1 Å². The number of benzene rings is 3. The van der Waals surface area contributed by atoms with E-state index in [1.165, 1.54) is 29.2 Å². The molecule has 0 aliphatic rings. The molecule has 34 heavy (non-hydrogen) atoms. The number of nitrogens with zero attached hydrogens (tertiary/aromatic N) is 1. The highest BCUT2D eigenvalue weighted by Gasteiger charge is 2.31. The summed E-state index contributed by atoms with van der Waals surface area (Å²) in [6, 6.07) is 21.3. The van der Waals surface area contributed by atoms with Crippen LogP contribution in [0, 0.1) is 5.82 Å². The smallest absolute Gasteiger partial charge is 0.261 e. The van der Waals surface area contributed by atoms with Crippen molar-refractivity contribution in [3.8, 4) is 5.75 Å². The molecule has 0 saturated heterocycles. The van der Waals surface area contributed by atoms with E-state index in [0.717, 1.165) is 11.1 Å². The molecular formula is C27H28ClFN2O3. The second-order valence-corrected chi connectivity index (χ2v) is 8.70. The van der Waals surface area contributed by atoms with Crippen LogP contribution in [-0.4, -0.2) is 35.4 Å². The summed E-state index contributed by atoms with van der Waals surface area (Å²) < 4.78 is 18.8. The second kappa shape index (κ2) is 12.2. The zero-order chi connectivity index (χ0) is 24.5. The molecule has 3 aromatic rings. The molecule has 0 aromatic heterocycles. The van der Waals surface area contributed by atoms with Gasteiger partial charge in [-0.25, -0.2) is 4.39 Å². The molecule has 0 radical (unpaired) electrons. The van der Waals surface area contributed by atoms with Crippen LogP contribution >= 0.6 is 11.6 Å². The molecule has 0 aliphatic heterocycles. The standard InChI is InChI=1S/C27H28ClFN2O3/c1-19(2)30-27(33)25(16-20-6-4-3-5-7-20)31(17-21-8-10-22(28)11-9-21)26(32)18-34-24-14-12-23(29)13-15-24/h3-15,19,25H,16-18H2,1-2H3,(H,30,33)/t25-/m0/s1. The average molecular weight is 483 g/mol. The maximum atomic E-state index is 13.4. The third-order valence-electron chi connectivity index (χ3n) is 5.14. The first-order valence-electron chi connectivity index (χ1n) is 11.1. The number of amides is 2. The van der Waals surface area contributed by atoms with Gasteiger partial charge in [0.05, 0.1) is 0 Å². The second-order valence-electron chi connectivity index (χ2n) is 8.26. The van der Waals surface area contributed by atoms with Crippen LogP contribution in [0.25, 0.3) is 0 Å². The van der Waals surface area contributed by atoms with Crippen LogP contribution < -0.4 is 10.1 Å². The van der Waals surface area contributed by atoms with E-state index in [2.05, 4.69) is 5.32 Å². The fourth-order valence-electron chi connectivity index (χ4n) is 3.48. The highest BCUT2D eigenvalue weighted by atomic mass is 35.5. The van der Waals surface area contributed by atoms with Gasteiger partial charge in [-0.3, -0.25) is 9.59 Å². The topological polar surface area (TPSA) is 58.6 Å². The Labute approximate surface area is 204 Å². The monoisotopic (exact) mass is 482 g/mol. The van der Waals surface area contributed by atoms with E-state index >= 15 is 0 Å². The SMILES string of the molecule is CC(C)NC(=O)[C@H](Cc1ccccc1)N(Cc1ccc(Cl)cc1)C(=O)COc1ccc(F)cc1. The van der Waals surface area contributed by atoms with E-state index < -0.39 is 11.9 Å². The van der Waals surface area contributed by atoms with Gasteiger partial charge in [0.1, 0.15) is 17.6 Å². The van der Waals surface area contributed by atoms with Crippen LogP contribution in [0.2, 0.25) is 5.02 Å². The molecule has 1 atom stereocenters. The van der Waals surface area contributed by atoms with Gasteiger partial charge in [-0.05, 0) is 61.4 Å². The largest absolute Gasteiger partial charge is 0.484 e. The summed E-state index contributed by atoms with van der Waals surface area (Å²) in [5.74, 6) is -0.634. The molecule has 0 aliphatic carbocycles. The first-order valence-corrected chi connectivity index (χ1v) is 11.5. The van der Waals surface area contributed by atoms with Crippen molar-refractivity contribution < 1.29 is 18.7 Å². The summed E-state index contributed by atoms with van der Waals surface area (Å²) in [5, 5.41) is 3.52. The quantitative estimate of drug-likeness (QED) is 0.441. The van der Waals surface area contributed by atoms with E-state index in [9.17, 15) is 14.0 Å². The van der Waals surface area contributed by atoms with Gasteiger partial charge >= 0.3 is 0 Å². The molecule has 3 aromatic carbocycles. The lowest BCUT2D eigenvalue weighted by molar-refractivity contribution is -0.143. The highest BCUT2D eigenvalue weighted by molar-refractivity contribution is 6.30. The zero-order valence-electron chi connectivity index (χ0n) is 19.2. The van der Waals surface area contributed by atoms with Crippen LogP contribution in [0.5, 0.6) is 5.75 Å². The highest BCUT2D eigenvalue weighted by Crippen LogP contribution is 2.18. The van der Waals surface area contributed by atoms with E-state index in [1.807, 2.05) is 56.3 Å². The number of nitrogens with one attached hydrogen (secondary N) is 1. The lowest BCUT2D eigenvalue weighted by Gasteiger charge is -2.32. The van der Waals surface area contributed by atoms with E-state index in [4.69, 9.17) is 16.3 Å². The van der Waals surface area contributed by atoms with Crippen molar-refractivity contribution in [2.24, 2.45) is 0 Å². The van der Waals surface area contributed by atoms with Crippen LogP contribution in [0.3, 0.4) is 0 Å². The summed E-state index contributed by atoms with van der Waals surface area (Å²) in [4.78, 5) is 28.2. The van der Waals surface area contributed by atoms with Gasteiger partial charge in [-0.15, -0.1) is 0 Å². The van der Waals surface area contributed by atoms with Gasteiger partial charge in [-0.2, -0.15) is 0 Å². The molecule has 178 valence electrons. The van der Waals surface area contributed by atoms with E-state index in [-0.39, 0.29) is 31.0 Å². The average Bonchev–Trinajstić information content (AvgIpc) is 2.82. The Morgan fingerprint density at radius 1 is 0.941 bits per heavy atom. The third kappa shape index (κ3) is 7.59. The zero-order valence-corrected chi connectivity index (χ0v) is 20.0. The minimum atomic E-state index is -0.759. The summed E-state index contributed by atoms with van der Waals surface area (Å²) in [5.41, 5.74) is 1.76. The fourth-order valence-corrected chi connectivity index (χ4v) is 3.61. The number of hydrogen-bond acceptors (Lipinski definition) is 3. The van der Waals surface area contributed by atoms with Gasteiger partial charge in [-0.1, -0.05) is 54.1 Å². The molecule has 1 N–H and O–H groups in total. The van der Waals surface area contributed by atoms with Crippen molar-refractivity contribution in [1.29, 1.82) is 0 Å². The molecule has 0 saturated carbocycles. The van der Waals surface area contributed by atoms with E-state index in [0.29, 0.717) is 17.2 Å². The number of carbonyl (C=O) groups is 2. The van der Waals surface area contributed by atoms with Crippen molar-refractivity contribution in [3.05, 3.63) is 101 Å². The number of rotatable bonds is 10. The normalized spacial score (nSPS) is 11.7. The van der Waals surface area contributed by atoms with Crippen LogP contribution in [0.4, 0.5) is 4.39 Å². The Kier molecular flexibility index (Phi) is 9.05. The molecule has 5 nitrogen and oxygen atoms in total. The Balaban J connectivity index is 1.89. The first kappa shape index (κ1) is 25.2. The number of halogens is 2. The summed E-state index contributed by atoms with van der Waals surface area (Å²) in [7, 11) is 0. The Hall–Kier alpha value is -3.38. The van der Waals surface area contributed by atoms with Gasteiger partial charge < -0.3 is 15.0 Å². The fraction of sp³-hybridized carbons (Fsp3) is 0.259. The minimum absolute atomic E-state index is 0.0891. The lowest BCUT2D eigenvalue weighted by Crippen LogP contribution is -2.52. The third-order valence-corrected chi connectivity index (χ3v) is 5.40. The minimum Gasteiger partial charge on any atom is -0.484 e. The van der Waals surface area contributed by atoms with Crippen molar-refractivity contribution >= 4 is 23.4 Å². The molecule has 0 spiro atoms. The predicted molar refractivity (Wildman–Crippen MR) is 131 cm³/mol. The van der Waals surface area contributed by atoms with Crippen LogP contribution in [0.15, 0.2) is 78.9 Å². The molecule has 0 bridgehead atoms. The van der Waals surface area contributed by atoms with Crippen LogP contribution in [-0.2, 0) is 22.6 Å². The van der Waals surface area contributed by atoms with Gasteiger partial charge in [0, 0.05) is 24.0 Å². The summed E-state index contributed by atoms with van der Waals surface area (Å²) in [6.07, 6.45) is 0.343. The molecule has 0 unspecified atom stereocenters. The van der Waals surface area contributed by atoms with Gasteiger partial charge in [0.2, 0.25) is 5.91 Å². The Morgan fingerprint density at radius 2 is 1.59 bits per heavy atom.